The van der Waals surface area contributed by atoms with E-state index in [1.54, 1.807) is 0 Å². The summed E-state index contributed by atoms with van der Waals surface area (Å²) in [6, 6.07) is 10.3. The fourth-order valence-electron chi connectivity index (χ4n) is 1.79. The van der Waals surface area contributed by atoms with Crippen molar-refractivity contribution < 1.29 is 4.74 Å². The molecular formula is C13H19NO. The van der Waals surface area contributed by atoms with Crippen molar-refractivity contribution >= 4 is 0 Å². The minimum atomic E-state index is 0.441. The van der Waals surface area contributed by atoms with Gasteiger partial charge in [-0.25, -0.2) is 0 Å². The molecule has 1 aliphatic rings. The second-order valence-electron chi connectivity index (χ2n) is 4.49. The number of hydrogen-bond donors (Lipinski definition) is 1. The zero-order chi connectivity index (χ0) is 10.6. The van der Waals surface area contributed by atoms with E-state index < -0.39 is 0 Å². The molecule has 0 spiro atoms. The Morgan fingerprint density at radius 1 is 1.20 bits per heavy atom. The van der Waals surface area contributed by atoms with Gasteiger partial charge in [-0.2, -0.15) is 0 Å². The first-order valence-electron chi connectivity index (χ1n) is 5.66. The summed E-state index contributed by atoms with van der Waals surface area (Å²) in [5.74, 6) is 0. The highest BCUT2D eigenvalue weighted by Gasteiger charge is 2.40. The number of nitrogens with two attached hydrogens (primary N) is 1. The van der Waals surface area contributed by atoms with Crippen molar-refractivity contribution in [3.05, 3.63) is 35.9 Å². The molecule has 2 nitrogen and oxygen atoms in total. The summed E-state index contributed by atoms with van der Waals surface area (Å²) >= 11 is 0. The maximum atomic E-state index is 5.71. The first-order chi connectivity index (χ1) is 7.35. The average Bonchev–Trinajstić information content (AvgIpc) is 3.07. The smallest absolute Gasteiger partial charge is 0.0716 e. The van der Waals surface area contributed by atoms with Gasteiger partial charge in [0.1, 0.15) is 0 Å². The van der Waals surface area contributed by atoms with Gasteiger partial charge in [0.05, 0.1) is 6.61 Å². The molecule has 15 heavy (non-hydrogen) atoms. The van der Waals surface area contributed by atoms with Crippen molar-refractivity contribution in [1.29, 1.82) is 0 Å². The molecule has 0 atom stereocenters. The van der Waals surface area contributed by atoms with Gasteiger partial charge in [-0.1, -0.05) is 30.3 Å². The second-order valence-corrected chi connectivity index (χ2v) is 4.49. The van der Waals surface area contributed by atoms with Gasteiger partial charge in [0.15, 0.2) is 0 Å². The average molecular weight is 205 g/mol. The number of ether oxygens (including phenoxy) is 1. The van der Waals surface area contributed by atoms with Gasteiger partial charge in [-0.05, 0) is 36.8 Å². The van der Waals surface area contributed by atoms with Crippen molar-refractivity contribution in [2.45, 2.75) is 25.9 Å². The highest BCUT2D eigenvalue weighted by Crippen LogP contribution is 2.47. The van der Waals surface area contributed by atoms with Crippen LogP contribution in [0.5, 0.6) is 0 Å². The van der Waals surface area contributed by atoms with Gasteiger partial charge in [0.25, 0.3) is 0 Å². The minimum Gasteiger partial charge on any atom is -0.377 e. The molecule has 2 N–H and O–H groups in total. The van der Waals surface area contributed by atoms with Crippen LogP contribution in [0, 0.1) is 5.41 Å². The Hall–Kier alpha value is -0.860. The van der Waals surface area contributed by atoms with Crippen LogP contribution in [-0.4, -0.2) is 13.2 Å². The number of benzene rings is 1. The Kier molecular flexibility index (Phi) is 3.39. The maximum absolute atomic E-state index is 5.71. The molecule has 0 unspecified atom stereocenters. The minimum absolute atomic E-state index is 0.441. The summed E-state index contributed by atoms with van der Waals surface area (Å²) in [5, 5.41) is 0. The Morgan fingerprint density at radius 2 is 1.93 bits per heavy atom. The van der Waals surface area contributed by atoms with Crippen LogP contribution in [-0.2, 0) is 11.3 Å². The van der Waals surface area contributed by atoms with E-state index in [0.717, 1.165) is 26.2 Å². The van der Waals surface area contributed by atoms with E-state index in [1.807, 2.05) is 18.2 Å². The summed E-state index contributed by atoms with van der Waals surface area (Å²) in [6.07, 6.45) is 3.70. The normalized spacial score (nSPS) is 17.7. The summed E-state index contributed by atoms with van der Waals surface area (Å²) in [5.41, 5.74) is 7.39. The van der Waals surface area contributed by atoms with Crippen LogP contribution in [0.2, 0.25) is 0 Å². The summed E-state index contributed by atoms with van der Waals surface area (Å²) in [4.78, 5) is 0. The Balaban J connectivity index is 1.63. The van der Waals surface area contributed by atoms with Crippen LogP contribution >= 0.6 is 0 Å². The highest BCUT2D eigenvalue weighted by atomic mass is 16.5. The predicted molar refractivity (Wildman–Crippen MR) is 61.4 cm³/mol. The van der Waals surface area contributed by atoms with Crippen LogP contribution in [0.3, 0.4) is 0 Å². The predicted octanol–water partition coefficient (Wildman–Crippen LogP) is 2.33. The van der Waals surface area contributed by atoms with E-state index in [1.165, 1.54) is 18.4 Å². The molecule has 0 aliphatic heterocycles. The first kappa shape index (κ1) is 10.7. The fourth-order valence-corrected chi connectivity index (χ4v) is 1.79. The molecule has 0 amide bonds. The Bertz CT molecular complexity index is 293. The van der Waals surface area contributed by atoms with Crippen LogP contribution in [0.15, 0.2) is 30.3 Å². The van der Waals surface area contributed by atoms with Crippen molar-refractivity contribution in [3.63, 3.8) is 0 Å². The van der Waals surface area contributed by atoms with Crippen LogP contribution in [0.4, 0.5) is 0 Å². The van der Waals surface area contributed by atoms with Crippen LogP contribution in [0.1, 0.15) is 24.8 Å². The third-order valence-corrected chi connectivity index (χ3v) is 3.28. The van der Waals surface area contributed by atoms with Gasteiger partial charge >= 0.3 is 0 Å². The molecule has 2 heteroatoms. The van der Waals surface area contributed by atoms with Gasteiger partial charge < -0.3 is 10.5 Å². The van der Waals surface area contributed by atoms with Crippen LogP contribution in [0.25, 0.3) is 0 Å². The van der Waals surface area contributed by atoms with E-state index in [2.05, 4.69) is 12.1 Å². The third kappa shape index (κ3) is 3.05. The van der Waals surface area contributed by atoms with E-state index in [4.69, 9.17) is 10.5 Å². The third-order valence-electron chi connectivity index (χ3n) is 3.28. The summed E-state index contributed by atoms with van der Waals surface area (Å²) in [6.45, 7) is 2.38. The molecule has 0 aromatic heterocycles. The lowest BCUT2D eigenvalue weighted by molar-refractivity contribution is 0.105. The molecular weight excluding hydrogens is 186 g/mol. The SMILES string of the molecule is NCC1(CCOCc2ccccc2)CC1. The molecule has 82 valence electrons. The molecule has 1 aliphatic carbocycles. The Labute approximate surface area is 91.4 Å². The van der Waals surface area contributed by atoms with Crippen molar-refractivity contribution in [3.8, 4) is 0 Å². The van der Waals surface area contributed by atoms with E-state index in [0.29, 0.717) is 5.41 Å². The quantitative estimate of drug-likeness (QED) is 0.723. The number of hydrogen-bond acceptors (Lipinski definition) is 2. The lowest BCUT2D eigenvalue weighted by Crippen LogP contribution is -2.17. The molecule has 1 fully saturated rings. The molecule has 0 saturated heterocycles. The monoisotopic (exact) mass is 205 g/mol. The van der Waals surface area contributed by atoms with Crippen molar-refractivity contribution in [2.75, 3.05) is 13.2 Å². The van der Waals surface area contributed by atoms with E-state index in [-0.39, 0.29) is 0 Å². The number of rotatable bonds is 6. The highest BCUT2D eigenvalue weighted by molar-refractivity contribution is 5.13. The summed E-state index contributed by atoms with van der Waals surface area (Å²) in [7, 11) is 0. The van der Waals surface area contributed by atoms with E-state index in [9.17, 15) is 0 Å². The van der Waals surface area contributed by atoms with Gasteiger partial charge in [-0.15, -0.1) is 0 Å². The molecule has 1 aromatic carbocycles. The molecule has 2 rings (SSSR count). The van der Waals surface area contributed by atoms with Gasteiger partial charge in [-0.3, -0.25) is 0 Å². The van der Waals surface area contributed by atoms with Gasteiger partial charge in [0.2, 0.25) is 0 Å². The standard InChI is InChI=1S/C13H19NO/c14-11-13(6-7-13)8-9-15-10-12-4-2-1-3-5-12/h1-5H,6-11,14H2. The molecule has 1 saturated carbocycles. The van der Waals surface area contributed by atoms with Gasteiger partial charge in [0, 0.05) is 6.61 Å². The molecule has 1 aromatic rings. The zero-order valence-corrected chi connectivity index (χ0v) is 9.11. The molecule has 0 bridgehead atoms. The summed E-state index contributed by atoms with van der Waals surface area (Å²) < 4.78 is 5.64. The zero-order valence-electron chi connectivity index (χ0n) is 9.11. The Morgan fingerprint density at radius 3 is 2.53 bits per heavy atom. The van der Waals surface area contributed by atoms with E-state index >= 15 is 0 Å². The maximum Gasteiger partial charge on any atom is 0.0716 e. The molecule has 0 heterocycles. The van der Waals surface area contributed by atoms with Crippen LogP contribution < -0.4 is 5.73 Å². The lowest BCUT2D eigenvalue weighted by atomic mass is 10.0. The molecule has 0 radical (unpaired) electrons. The topological polar surface area (TPSA) is 35.2 Å². The lowest BCUT2D eigenvalue weighted by Gasteiger charge is -2.11. The second kappa shape index (κ2) is 4.77. The van der Waals surface area contributed by atoms with Crippen molar-refractivity contribution in [2.24, 2.45) is 11.1 Å². The first-order valence-corrected chi connectivity index (χ1v) is 5.66. The van der Waals surface area contributed by atoms with Crippen molar-refractivity contribution in [1.82, 2.24) is 0 Å². The fraction of sp³-hybridized carbons (Fsp3) is 0.538. The largest absolute Gasteiger partial charge is 0.377 e.